The van der Waals surface area contributed by atoms with Crippen molar-refractivity contribution >= 4 is 6.79 Å². The molecule has 0 aromatic heterocycles. The highest BCUT2D eigenvalue weighted by Crippen LogP contribution is 2.51. The van der Waals surface area contributed by atoms with Gasteiger partial charge in [0.2, 0.25) is 0 Å². The Balaban J connectivity index is 0.00000422. The molecule has 0 spiro atoms. The highest BCUT2D eigenvalue weighted by Gasteiger charge is 2.39. The highest BCUT2D eigenvalue weighted by molar-refractivity contribution is 5.24. The minimum absolute atomic E-state index is 0.394. The van der Waals surface area contributed by atoms with Gasteiger partial charge in [-0.2, -0.15) is 0 Å². The van der Waals surface area contributed by atoms with Gasteiger partial charge in [-0.3, -0.25) is 0 Å². The molecule has 2 fully saturated rings. The number of hydrogen-bond donors (Lipinski definition) is 0. The fourth-order valence-corrected chi connectivity index (χ4v) is 8.25. The number of carbonyl (C=O) groups is 1. The molecule has 250 valence electrons. The lowest BCUT2D eigenvalue weighted by Crippen LogP contribution is -2.32. The van der Waals surface area contributed by atoms with Crippen LogP contribution in [0.5, 0.6) is 0 Å². The van der Waals surface area contributed by atoms with Crippen LogP contribution in [0.25, 0.3) is 0 Å². The maximum Gasteiger partial charge on any atom is 0.106 e. The third kappa shape index (κ3) is 16.0. The molecule has 2 aliphatic carbocycles. The molecule has 2 rings (SSSR count). The van der Waals surface area contributed by atoms with Crippen LogP contribution in [0.2, 0.25) is 0 Å². The monoisotopic (exact) mass is 597 g/mol. The molecule has 2 saturated carbocycles. The van der Waals surface area contributed by atoms with Gasteiger partial charge >= 0.3 is 0 Å². The summed E-state index contributed by atoms with van der Waals surface area (Å²) in [6, 6.07) is 0. The van der Waals surface area contributed by atoms with Crippen molar-refractivity contribution in [2.24, 2.45) is 35.0 Å². The Morgan fingerprint density at radius 2 is 1.60 bits per heavy atom. The standard InChI is InChI=1S/C39H68.C2H6.CH2O/c1-9-13-18-33(7)29-39(38(12-4)25-24-31(5)11-3)26-16-22-35(30-39)20-14-19-32(6)27-36-21-15-23-37(28-36)34(8)17-10-2;2*1-2/h13,18-19,24-25,33-37H,9-12,14-17,20-23,26-30H2,1-8H3;1-2H3;1H2/b18-13-,31-24+,32-19+,38-25+;;. The molecule has 0 aliphatic heterocycles. The van der Waals surface area contributed by atoms with Crippen LogP contribution in [0, 0.1) is 35.0 Å². The number of hydrogen-bond acceptors (Lipinski definition) is 1. The van der Waals surface area contributed by atoms with Crippen molar-refractivity contribution in [2.75, 3.05) is 0 Å². The van der Waals surface area contributed by atoms with Crippen molar-refractivity contribution < 1.29 is 4.79 Å². The van der Waals surface area contributed by atoms with E-state index in [-0.39, 0.29) is 0 Å². The van der Waals surface area contributed by atoms with Crippen LogP contribution in [-0.4, -0.2) is 6.79 Å². The Hall–Kier alpha value is -1.37. The van der Waals surface area contributed by atoms with Crippen molar-refractivity contribution in [3.8, 4) is 0 Å². The smallest absolute Gasteiger partial charge is 0.106 e. The van der Waals surface area contributed by atoms with Gasteiger partial charge in [-0.15, -0.1) is 0 Å². The summed E-state index contributed by atoms with van der Waals surface area (Å²) in [5, 5.41) is 0. The average molecular weight is 597 g/mol. The molecule has 2 aliphatic rings. The Bertz CT molecular complexity index is 813. The third-order valence-corrected chi connectivity index (χ3v) is 10.6. The van der Waals surface area contributed by atoms with E-state index in [9.17, 15) is 0 Å². The van der Waals surface area contributed by atoms with E-state index in [0.29, 0.717) is 11.3 Å². The predicted molar refractivity (Wildman–Crippen MR) is 196 cm³/mol. The van der Waals surface area contributed by atoms with Crippen molar-refractivity contribution in [3.05, 3.63) is 47.1 Å². The summed E-state index contributed by atoms with van der Waals surface area (Å²) >= 11 is 0. The van der Waals surface area contributed by atoms with E-state index < -0.39 is 0 Å². The van der Waals surface area contributed by atoms with Crippen LogP contribution < -0.4 is 0 Å². The quantitative estimate of drug-likeness (QED) is 0.128. The minimum atomic E-state index is 0.394. The molecule has 0 aromatic carbocycles. The SMILES string of the molecule is C=O.CC.CC/C=C\C(C)CC1(/C(=C/C=C(\C)CC)CC)CCCC(CC/C=C(\C)CC2CCCC(C(C)CCC)C2)C1. The Morgan fingerprint density at radius 1 is 0.907 bits per heavy atom. The Labute approximate surface area is 271 Å². The van der Waals surface area contributed by atoms with E-state index in [1.165, 1.54) is 102 Å². The van der Waals surface area contributed by atoms with Crippen molar-refractivity contribution in [1.29, 1.82) is 0 Å². The summed E-state index contributed by atoms with van der Waals surface area (Å²) in [5.41, 5.74) is 5.31. The second kappa shape index (κ2) is 24.9. The number of allylic oxidation sites excluding steroid dienone is 8. The van der Waals surface area contributed by atoms with Crippen LogP contribution in [0.4, 0.5) is 0 Å². The van der Waals surface area contributed by atoms with Gasteiger partial charge in [0.25, 0.3) is 0 Å². The van der Waals surface area contributed by atoms with Crippen LogP contribution in [0.1, 0.15) is 178 Å². The molecule has 0 heterocycles. The van der Waals surface area contributed by atoms with E-state index in [0.717, 1.165) is 36.5 Å². The van der Waals surface area contributed by atoms with E-state index in [4.69, 9.17) is 4.79 Å². The second-order valence-corrected chi connectivity index (χ2v) is 14.1. The molecule has 6 unspecified atom stereocenters. The molecule has 1 heteroatoms. The van der Waals surface area contributed by atoms with Gasteiger partial charge in [0.1, 0.15) is 6.79 Å². The molecule has 43 heavy (non-hydrogen) atoms. The molecule has 6 atom stereocenters. The Kier molecular flexibility index (Phi) is 24.1. The van der Waals surface area contributed by atoms with Gasteiger partial charge in [0.15, 0.2) is 0 Å². The normalized spacial score (nSPS) is 26.7. The maximum atomic E-state index is 8.00. The van der Waals surface area contributed by atoms with Crippen LogP contribution >= 0.6 is 0 Å². The number of carbonyl (C=O) groups excluding carboxylic acids is 1. The van der Waals surface area contributed by atoms with Crippen molar-refractivity contribution in [1.82, 2.24) is 0 Å². The van der Waals surface area contributed by atoms with Crippen LogP contribution in [0.3, 0.4) is 0 Å². The predicted octanol–water partition coefficient (Wildman–Crippen LogP) is 14.0. The maximum absolute atomic E-state index is 8.00. The lowest BCUT2D eigenvalue weighted by atomic mass is 9.60. The average Bonchev–Trinajstić information content (AvgIpc) is 3.02. The third-order valence-electron chi connectivity index (χ3n) is 10.6. The molecular weight excluding hydrogens is 520 g/mol. The van der Waals surface area contributed by atoms with E-state index >= 15 is 0 Å². The van der Waals surface area contributed by atoms with E-state index in [1.54, 1.807) is 11.1 Å². The molecular formula is C42H76O. The van der Waals surface area contributed by atoms with Gasteiger partial charge < -0.3 is 4.79 Å². The van der Waals surface area contributed by atoms with E-state index in [2.05, 4.69) is 85.8 Å². The Morgan fingerprint density at radius 3 is 2.23 bits per heavy atom. The van der Waals surface area contributed by atoms with E-state index in [1.807, 2.05) is 20.6 Å². The molecule has 0 radical (unpaired) electrons. The molecule has 0 amide bonds. The van der Waals surface area contributed by atoms with Crippen LogP contribution in [0.15, 0.2) is 47.1 Å². The summed E-state index contributed by atoms with van der Waals surface area (Å²) < 4.78 is 0. The lowest BCUT2D eigenvalue weighted by molar-refractivity contribution is -0.0980. The van der Waals surface area contributed by atoms with Crippen LogP contribution in [-0.2, 0) is 4.79 Å². The topological polar surface area (TPSA) is 17.1 Å². The second-order valence-electron chi connectivity index (χ2n) is 14.1. The minimum Gasteiger partial charge on any atom is -0.307 e. The van der Waals surface area contributed by atoms with Crippen molar-refractivity contribution in [2.45, 2.75) is 178 Å². The highest BCUT2D eigenvalue weighted by atomic mass is 16.1. The first-order valence-corrected chi connectivity index (χ1v) is 18.7. The largest absolute Gasteiger partial charge is 0.307 e. The molecule has 1 nitrogen and oxygen atoms in total. The zero-order chi connectivity index (χ0) is 32.7. The van der Waals surface area contributed by atoms with Gasteiger partial charge in [-0.1, -0.05) is 147 Å². The summed E-state index contributed by atoms with van der Waals surface area (Å²) in [5.74, 6) is 4.40. The first kappa shape index (κ1) is 41.6. The summed E-state index contributed by atoms with van der Waals surface area (Å²) in [6.45, 7) is 25.0. The molecule has 0 N–H and O–H groups in total. The van der Waals surface area contributed by atoms with Gasteiger partial charge in [0.05, 0.1) is 0 Å². The summed E-state index contributed by atoms with van der Waals surface area (Å²) in [4.78, 5) is 8.00. The number of rotatable bonds is 16. The fraction of sp³-hybridized carbons (Fsp3) is 0.786. The molecule has 0 bridgehead atoms. The van der Waals surface area contributed by atoms with Crippen molar-refractivity contribution in [3.63, 3.8) is 0 Å². The van der Waals surface area contributed by atoms with Gasteiger partial charge in [-0.25, -0.2) is 0 Å². The van der Waals surface area contributed by atoms with Gasteiger partial charge in [0, 0.05) is 0 Å². The first-order valence-electron chi connectivity index (χ1n) is 18.7. The lowest BCUT2D eigenvalue weighted by Gasteiger charge is -2.44. The molecule has 0 saturated heterocycles. The fourth-order valence-electron chi connectivity index (χ4n) is 8.25. The zero-order valence-electron chi connectivity index (χ0n) is 30.9. The molecule has 0 aromatic rings. The summed E-state index contributed by atoms with van der Waals surface area (Å²) in [6.07, 6.45) is 35.7. The zero-order valence-corrected chi connectivity index (χ0v) is 30.9. The summed E-state index contributed by atoms with van der Waals surface area (Å²) in [7, 11) is 0. The van der Waals surface area contributed by atoms with Gasteiger partial charge in [-0.05, 0) is 113 Å². The first-order chi connectivity index (χ1) is 20.8.